The molecule has 0 saturated carbocycles. The Morgan fingerprint density at radius 2 is 1.65 bits per heavy atom. The van der Waals surface area contributed by atoms with E-state index in [4.69, 9.17) is 21.1 Å². The van der Waals surface area contributed by atoms with Gasteiger partial charge >= 0.3 is 0 Å². The summed E-state index contributed by atoms with van der Waals surface area (Å²) in [5.41, 5.74) is 5.31. The molecule has 1 amide bonds. The lowest BCUT2D eigenvalue weighted by Crippen LogP contribution is -2.19. The van der Waals surface area contributed by atoms with Crippen molar-refractivity contribution in [2.45, 2.75) is 20.0 Å². The SMILES string of the molecule is CCOc1ccc(CC(=O)N/N=C\c2c(OCc3ccc(Cl)cc3)ccc3ccccc23)cc1. The first kappa shape index (κ1) is 23.3. The standard InChI is InChI=1S/C28H25ClN2O3/c1-2-33-24-14-9-20(10-15-24)17-28(32)31-30-18-26-25-6-4-3-5-22(25)11-16-27(26)34-19-21-7-12-23(29)13-8-21/h3-16,18H,2,17,19H2,1H3,(H,31,32)/b30-18-. The van der Waals surface area contributed by atoms with E-state index in [-0.39, 0.29) is 12.3 Å². The Bertz CT molecular complexity index is 1290. The second kappa shape index (κ2) is 11.3. The molecule has 4 rings (SSSR count). The quantitative estimate of drug-likeness (QED) is 0.234. The molecule has 6 heteroatoms. The van der Waals surface area contributed by atoms with Crippen LogP contribution in [0.5, 0.6) is 11.5 Å². The summed E-state index contributed by atoms with van der Waals surface area (Å²) < 4.78 is 11.5. The van der Waals surface area contributed by atoms with Gasteiger partial charge in [0.1, 0.15) is 18.1 Å². The van der Waals surface area contributed by atoms with Crippen molar-refractivity contribution < 1.29 is 14.3 Å². The molecule has 0 radical (unpaired) electrons. The van der Waals surface area contributed by atoms with Crippen LogP contribution in [0.1, 0.15) is 23.6 Å². The van der Waals surface area contributed by atoms with Crippen LogP contribution >= 0.6 is 11.6 Å². The summed E-state index contributed by atoms with van der Waals surface area (Å²) >= 11 is 5.97. The van der Waals surface area contributed by atoms with Crippen LogP contribution in [0.4, 0.5) is 0 Å². The van der Waals surface area contributed by atoms with Crippen molar-refractivity contribution in [1.82, 2.24) is 5.43 Å². The highest BCUT2D eigenvalue weighted by molar-refractivity contribution is 6.30. The molecule has 0 bridgehead atoms. The number of ether oxygens (including phenoxy) is 2. The smallest absolute Gasteiger partial charge is 0.244 e. The van der Waals surface area contributed by atoms with Gasteiger partial charge in [-0.3, -0.25) is 4.79 Å². The van der Waals surface area contributed by atoms with Crippen molar-refractivity contribution in [2.75, 3.05) is 6.61 Å². The third-order valence-electron chi connectivity index (χ3n) is 5.22. The zero-order valence-corrected chi connectivity index (χ0v) is 19.6. The summed E-state index contributed by atoms with van der Waals surface area (Å²) in [7, 11) is 0. The summed E-state index contributed by atoms with van der Waals surface area (Å²) in [6.07, 6.45) is 1.86. The van der Waals surface area contributed by atoms with Gasteiger partial charge in [0.15, 0.2) is 0 Å². The number of hydrogen-bond acceptors (Lipinski definition) is 4. The van der Waals surface area contributed by atoms with Crippen molar-refractivity contribution in [3.63, 3.8) is 0 Å². The van der Waals surface area contributed by atoms with Gasteiger partial charge in [-0.15, -0.1) is 0 Å². The number of carbonyl (C=O) groups is 1. The molecular formula is C28H25ClN2O3. The third kappa shape index (κ3) is 6.15. The molecule has 0 aliphatic rings. The molecule has 34 heavy (non-hydrogen) atoms. The van der Waals surface area contributed by atoms with Gasteiger partial charge in [0.05, 0.1) is 19.2 Å². The molecule has 0 heterocycles. The minimum absolute atomic E-state index is 0.204. The van der Waals surface area contributed by atoms with E-state index in [1.54, 1.807) is 6.21 Å². The largest absolute Gasteiger partial charge is 0.494 e. The molecule has 0 unspecified atom stereocenters. The first-order valence-corrected chi connectivity index (χ1v) is 11.4. The van der Waals surface area contributed by atoms with E-state index in [1.807, 2.05) is 91.9 Å². The van der Waals surface area contributed by atoms with Crippen LogP contribution in [0.2, 0.25) is 5.02 Å². The Kier molecular flexibility index (Phi) is 7.79. The number of carbonyl (C=O) groups excluding carboxylic acids is 1. The Balaban J connectivity index is 1.47. The minimum Gasteiger partial charge on any atom is -0.494 e. The number of amides is 1. The number of nitrogens with one attached hydrogen (secondary N) is 1. The normalized spacial score (nSPS) is 11.0. The van der Waals surface area contributed by atoms with Gasteiger partial charge in [0.2, 0.25) is 5.91 Å². The van der Waals surface area contributed by atoms with Gasteiger partial charge in [0, 0.05) is 10.6 Å². The number of benzene rings is 4. The summed E-state index contributed by atoms with van der Waals surface area (Å²) in [6, 6.07) is 26.9. The summed E-state index contributed by atoms with van der Waals surface area (Å²) in [4.78, 5) is 12.4. The highest BCUT2D eigenvalue weighted by Crippen LogP contribution is 2.27. The van der Waals surface area contributed by atoms with Crippen molar-refractivity contribution in [1.29, 1.82) is 0 Å². The van der Waals surface area contributed by atoms with Gasteiger partial charge in [0.25, 0.3) is 0 Å². The number of hydrogen-bond donors (Lipinski definition) is 1. The lowest BCUT2D eigenvalue weighted by atomic mass is 10.0. The second-order valence-corrected chi connectivity index (χ2v) is 8.10. The fourth-order valence-electron chi connectivity index (χ4n) is 3.54. The molecule has 0 fully saturated rings. The zero-order valence-electron chi connectivity index (χ0n) is 18.8. The highest BCUT2D eigenvalue weighted by Gasteiger charge is 2.09. The van der Waals surface area contributed by atoms with Gasteiger partial charge in [-0.2, -0.15) is 5.10 Å². The Morgan fingerprint density at radius 1 is 0.912 bits per heavy atom. The molecule has 0 aromatic heterocycles. The fourth-order valence-corrected chi connectivity index (χ4v) is 3.67. The average Bonchev–Trinajstić information content (AvgIpc) is 2.85. The molecule has 0 saturated heterocycles. The van der Waals surface area contributed by atoms with Crippen LogP contribution in [0, 0.1) is 0 Å². The summed E-state index contributed by atoms with van der Waals surface area (Å²) in [6.45, 7) is 2.93. The van der Waals surface area contributed by atoms with Crippen LogP contribution in [-0.4, -0.2) is 18.7 Å². The predicted octanol–water partition coefficient (Wildman–Crippen LogP) is 6.16. The van der Waals surface area contributed by atoms with Gasteiger partial charge in [-0.05, 0) is 59.2 Å². The van der Waals surface area contributed by atoms with Crippen LogP contribution < -0.4 is 14.9 Å². The molecule has 4 aromatic carbocycles. The average molecular weight is 473 g/mol. The topological polar surface area (TPSA) is 59.9 Å². The molecule has 172 valence electrons. The first-order chi connectivity index (χ1) is 16.6. The molecule has 5 nitrogen and oxygen atoms in total. The second-order valence-electron chi connectivity index (χ2n) is 7.66. The number of fused-ring (bicyclic) bond motifs is 1. The van der Waals surface area contributed by atoms with Gasteiger partial charge < -0.3 is 9.47 Å². The molecule has 1 N–H and O–H groups in total. The van der Waals surface area contributed by atoms with E-state index in [0.717, 1.165) is 33.2 Å². The maximum Gasteiger partial charge on any atom is 0.244 e. The molecule has 0 aliphatic carbocycles. The lowest BCUT2D eigenvalue weighted by molar-refractivity contribution is -0.120. The number of hydrazone groups is 1. The monoisotopic (exact) mass is 472 g/mol. The molecule has 0 atom stereocenters. The predicted molar refractivity (Wildman–Crippen MR) is 137 cm³/mol. The summed E-state index contributed by atoms with van der Waals surface area (Å²) in [5.74, 6) is 1.26. The fraction of sp³-hybridized carbons (Fsp3) is 0.143. The van der Waals surface area contributed by atoms with E-state index in [9.17, 15) is 4.79 Å². The van der Waals surface area contributed by atoms with Crippen LogP contribution in [0.15, 0.2) is 90.0 Å². The Morgan fingerprint density at radius 3 is 2.41 bits per heavy atom. The minimum atomic E-state index is -0.204. The van der Waals surface area contributed by atoms with Crippen molar-refractivity contribution in [3.05, 3.63) is 107 Å². The van der Waals surface area contributed by atoms with Crippen LogP contribution in [0.3, 0.4) is 0 Å². The van der Waals surface area contributed by atoms with Crippen LogP contribution in [-0.2, 0) is 17.8 Å². The number of halogens is 1. The van der Waals surface area contributed by atoms with E-state index in [2.05, 4.69) is 10.5 Å². The molecule has 0 aliphatic heterocycles. The lowest BCUT2D eigenvalue weighted by Gasteiger charge is -2.12. The van der Waals surface area contributed by atoms with Crippen molar-refractivity contribution in [2.24, 2.45) is 5.10 Å². The zero-order chi connectivity index (χ0) is 23.8. The van der Waals surface area contributed by atoms with Crippen molar-refractivity contribution in [3.8, 4) is 11.5 Å². The summed E-state index contributed by atoms with van der Waals surface area (Å²) in [5, 5.41) is 6.94. The molecule has 4 aromatic rings. The number of rotatable bonds is 9. The van der Waals surface area contributed by atoms with E-state index < -0.39 is 0 Å². The first-order valence-electron chi connectivity index (χ1n) is 11.0. The Hall–Kier alpha value is -3.83. The van der Waals surface area contributed by atoms with Crippen LogP contribution in [0.25, 0.3) is 10.8 Å². The molecular weight excluding hydrogens is 448 g/mol. The van der Waals surface area contributed by atoms with E-state index >= 15 is 0 Å². The highest BCUT2D eigenvalue weighted by atomic mass is 35.5. The van der Waals surface area contributed by atoms with Gasteiger partial charge in [-0.1, -0.05) is 66.2 Å². The number of nitrogens with zero attached hydrogens (tertiary/aromatic N) is 1. The Labute approximate surface area is 204 Å². The van der Waals surface area contributed by atoms with Crippen molar-refractivity contribution >= 4 is 34.5 Å². The van der Waals surface area contributed by atoms with E-state index in [1.165, 1.54) is 0 Å². The molecule has 0 spiro atoms. The maximum absolute atomic E-state index is 12.4. The van der Waals surface area contributed by atoms with Gasteiger partial charge in [-0.25, -0.2) is 5.43 Å². The maximum atomic E-state index is 12.4. The van der Waals surface area contributed by atoms with E-state index in [0.29, 0.717) is 24.0 Å². The third-order valence-corrected chi connectivity index (χ3v) is 5.47.